The third-order valence-corrected chi connectivity index (χ3v) is 8.49. The van der Waals surface area contributed by atoms with Crippen LogP contribution in [-0.2, 0) is 14.3 Å². The summed E-state index contributed by atoms with van der Waals surface area (Å²) in [5, 5.41) is 12.4. The molecule has 2 aromatic carbocycles. The van der Waals surface area contributed by atoms with Crippen molar-refractivity contribution < 1.29 is 24.2 Å². The summed E-state index contributed by atoms with van der Waals surface area (Å²) >= 11 is 1.46. The van der Waals surface area contributed by atoms with Gasteiger partial charge in [-0.3, -0.25) is 4.79 Å². The quantitative estimate of drug-likeness (QED) is 0.616. The van der Waals surface area contributed by atoms with Crippen LogP contribution in [0.15, 0.2) is 48.5 Å². The highest BCUT2D eigenvalue weighted by atomic mass is 32.2. The fourth-order valence-corrected chi connectivity index (χ4v) is 6.84. The molecule has 1 saturated carbocycles. The Bertz CT molecular complexity index is 1080. The van der Waals surface area contributed by atoms with Gasteiger partial charge in [-0.2, -0.15) is 0 Å². The van der Waals surface area contributed by atoms with Crippen LogP contribution in [0.25, 0.3) is 11.1 Å². The van der Waals surface area contributed by atoms with E-state index >= 15 is 0 Å². The Kier molecular flexibility index (Phi) is 7.00. The van der Waals surface area contributed by atoms with Crippen molar-refractivity contribution in [1.29, 1.82) is 0 Å². The van der Waals surface area contributed by atoms with E-state index in [1.54, 1.807) is 0 Å². The van der Waals surface area contributed by atoms with E-state index in [9.17, 15) is 19.5 Å². The average Bonchev–Trinajstić information content (AvgIpc) is 3.48. The second kappa shape index (κ2) is 10.3. The van der Waals surface area contributed by atoms with Gasteiger partial charge in [-0.25, -0.2) is 9.59 Å². The van der Waals surface area contributed by atoms with E-state index in [1.807, 2.05) is 24.3 Å². The molecule has 2 aromatic rings. The van der Waals surface area contributed by atoms with Crippen LogP contribution in [0.3, 0.4) is 0 Å². The Hall–Kier alpha value is -3.00. The number of hydrogen-bond donors (Lipinski definition) is 2. The maximum absolute atomic E-state index is 12.9. The molecule has 0 bridgehead atoms. The van der Waals surface area contributed by atoms with Gasteiger partial charge >= 0.3 is 12.1 Å². The number of carbonyl (C=O) groups excluding carboxylic acids is 2. The summed E-state index contributed by atoms with van der Waals surface area (Å²) in [6.07, 6.45) is 3.39. The van der Waals surface area contributed by atoms with E-state index in [4.69, 9.17) is 4.74 Å². The number of aliphatic carboxylic acids is 1. The van der Waals surface area contributed by atoms with E-state index < -0.39 is 18.1 Å². The van der Waals surface area contributed by atoms with E-state index in [1.165, 1.54) is 38.9 Å². The maximum Gasteiger partial charge on any atom is 0.407 e. The molecule has 1 saturated heterocycles. The summed E-state index contributed by atoms with van der Waals surface area (Å²) in [5.41, 5.74) is 4.70. The van der Waals surface area contributed by atoms with Crippen LogP contribution in [0, 0.1) is 5.92 Å². The minimum atomic E-state index is -0.958. The third kappa shape index (κ3) is 4.89. The monoisotopic (exact) mass is 494 g/mol. The van der Waals surface area contributed by atoms with Crippen molar-refractivity contribution >= 4 is 29.7 Å². The lowest BCUT2D eigenvalue weighted by Crippen LogP contribution is -2.46. The largest absolute Gasteiger partial charge is 0.480 e. The molecule has 0 radical (unpaired) electrons. The first-order valence-corrected chi connectivity index (χ1v) is 13.4. The Balaban J connectivity index is 1.20. The number of carboxylic acid groups (broad SMARTS) is 1. The Morgan fingerprint density at radius 3 is 2.34 bits per heavy atom. The van der Waals surface area contributed by atoms with Crippen molar-refractivity contribution in [2.45, 2.75) is 50.1 Å². The molecule has 1 aliphatic heterocycles. The van der Waals surface area contributed by atoms with Crippen LogP contribution in [0.5, 0.6) is 0 Å². The first kappa shape index (κ1) is 23.7. The zero-order valence-electron chi connectivity index (χ0n) is 19.5. The molecule has 0 spiro atoms. The molecule has 7 nitrogen and oxygen atoms in total. The average molecular weight is 495 g/mol. The van der Waals surface area contributed by atoms with E-state index in [0.717, 1.165) is 25.7 Å². The molecule has 2 amide bonds. The molecule has 2 fully saturated rings. The minimum absolute atomic E-state index is 0.00232. The molecule has 3 aliphatic rings. The van der Waals surface area contributed by atoms with Gasteiger partial charge in [0.25, 0.3) is 0 Å². The molecule has 2 unspecified atom stereocenters. The number of amides is 2. The number of rotatable bonds is 6. The van der Waals surface area contributed by atoms with Crippen LogP contribution >= 0.6 is 11.8 Å². The lowest BCUT2D eigenvalue weighted by atomic mass is 9.82. The molecule has 1 heterocycles. The van der Waals surface area contributed by atoms with E-state index in [0.29, 0.717) is 11.6 Å². The predicted octanol–water partition coefficient (Wildman–Crippen LogP) is 4.46. The molecule has 35 heavy (non-hydrogen) atoms. The third-order valence-electron chi connectivity index (χ3n) is 7.48. The van der Waals surface area contributed by atoms with Crippen molar-refractivity contribution in [2.24, 2.45) is 5.92 Å². The van der Waals surface area contributed by atoms with Gasteiger partial charge in [-0.1, -0.05) is 61.4 Å². The van der Waals surface area contributed by atoms with Crippen LogP contribution in [0.2, 0.25) is 0 Å². The highest BCUT2D eigenvalue weighted by molar-refractivity contribution is 7.99. The maximum atomic E-state index is 12.9. The normalized spacial score (nSPS) is 23.4. The lowest BCUT2D eigenvalue weighted by Gasteiger charge is -2.33. The SMILES string of the molecule is O=C(NC1CCCCC1CC(=O)N1CSC[C@H]1C(=O)O)OCC1c2ccccc2-c2ccccc21. The number of ether oxygens (including phenoxy) is 1. The summed E-state index contributed by atoms with van der Waals surface area (Å²) in [6.45, 7) is 0.251. The van der Waals surface area contributed by atoms with Gasteiger partial charge in [0.2, 0.25) is 5.91 Å². The highest BCUT2D eigenvalue weighted by Gasteiger charge is 2.37. The lowest BCUT2D eigenvalue weighted by molar-refractivity contribution is -0.148. The molecule has 5 rings (SSSR count). The van der Waals surface area contributed by atoms with E-state index in [-0.39, 0.29) is 36.8 Å². The van der Waals surface area contributed by atoms with Gasteiger partial charge in [-0.15, -0.1) is 11.8 Å². The Morgan fingerprint density at radius 2 is 1.66 bits per heavy atom. The van der Waals surface area contributed by atoms with Crippen molar-refractivity contribution in [1.82, 2.24) is 10.2 Å². The van der Waals surface area contributed by atoms with Crippen LogP contribution < -0.4 is 5.32 Å². The topological polar surface area (TPSA) is 95.9 Å². The number of alkyl carbamates (subject to hydrolysis) is 1. The van der Waals surface area contributed by atoms with Crippen molar-refractivity contribution in [3.05, 3.63) is 59.7 Å². The second-order valence-corrected chi connectivity index (χ2v) is 10.5. The molecule has 0 aromatic heterocycles. The number of benzene rings is 2. The number of carboxylic acids is 1. The van der Waals surface area contributed by atoms with Gasteiger partial charge in [0.1, 0.15) is 12.6 Å². The van der Waals surface area contributed by atoms with Gasteiger partial charge < -0.3 is 20.1 Å². The van der Waals surface area contributed by atoms with Gasteiger partial charge in [0.05, 0.1) is 5.88 Å². The molecular formula is C27H30N2O5S. The minimum Gasteiger partial charge on any atom is -0.480 e. The number of nitrogens with zero attached hydrogens (tertiary/aromatic N) is 1. The first-order chi connectivity index (χ1) is 17.0. The van der Waals surface area contributed by atoms with Crippen LogP contribution in [-0.4, -0.2) is 58.3 Å². The molecule has 2 N–H and O–H groups in total. The molecule has 3 atom stereocenters. The number of nitrogens with one attached hydrogen (secondary N) is 1. The predicted molar refractivity (Wildman–Crippen MR) is 134 cm³/mol. The molecule has 184 valence electrons. The summed E-state index contributed by atoms with van der Waals surface area (Å²) in [5.74, 6) is -0.289. The number of thioether (sulfide) groups is 1. The standard InChI is InChI=1S/C27H30N2O5S/c30-25(29-16-35-15-24(29)26(31)32)13-17-7-1-6-12-23(17)28-27(33)34-14-22-20-10-4-2-8-18(20)19-9-3-5-11-21(19)22/h2-5,8-11,17,22-24H,1,6-7,12-16H2,(H,28,33)(H,31,32)/t17?,23?,24-/m0/s1. The van der Waals surface area contributed by atoms with E-state index in [2.05, 4.69) is 29.6 Å². The van der Waals surface area contributed by atoms with Gasteiger partial charge in [-0.05, 0) is 41.0 Å². The summed E-state index contributed by atoms with van der Waals surface area (Å²) < 4.78 is 5.72. The summed E-state index contributed by atoms with van der Waals surface area (Å²) in [6, 6.07) is 15.5. The van der Waals surface area contributed by atoms with Gasteiger partial charge in [0, 0.05) is 24.1 Å². The van der Waals surface area contributed by atoms with Crippen LogP contribution in [0.1, 0.15) is 49.1 Å². The highest BCUT2D eigenvalue weighted by Crippen LogP contribution is 2.44. The number of hydrogen-bond acceptors (Lipinski definition) is 5. The Morgan fingerprint density at radius 1 is 1.00 bits per heavy atom. The first-order valence-electron chi connectivity index (χ1n) is 12.2. The Labute approximate surface area is 209 Å². The molecule has 2 aliphatic carbocycles. The van der Waals surface area contributed by atoms with Crippen LogP contribution in [0.4, 0.5) is 4.79 Å². The van der Waals surface area contributed by atoms with Crippen molar-refractivity contribution in [3.63, 3.8) is 0 Å². The number of carbonyl (C=O) groups is 3. The van der Waals surface area contributed by atoms with Crippen molar-refractivity contribution in [2.75, 3.05) is 18.2 Å². The zero-order valence-corrected chi connectivity index (χ0v) is 20.3. The second-order valence-electron chi connectivity index (χ2n) is 9.54. The zero-order chi connectivity index (χ0) is 24.4. The molecule has 8 heteroatoms. The summed E-state index contributed by atoms with van der Waals surface area (Å²) in [7, 11) is 0. The fourth-order valence-electron chi connectivity index (χ4n) is 5.67. The number of fused-ring (bicyclic) bond motifs is 3. The summed E-state index contributed by atoms with van der Waals surface area (Å²) in [4.78, 5) is 38.6. The van der Waals surface area contributed by atoms with Crippen molar-refractivity contribution in [3.8, 4) is 11.1 Å². The van der Waals surface area contributed by atoms with Gasteiger partial charge in [0.15, 0.2) is 0 Å². The fraction of sp³-hybridized carbons (Fsp3) is 0.444. The smallest absolute Gasteiger partial charge is 0.407 e. The molecular weight excluding hydrogens is 464 g/mol.